The lowest BCUT2D eigenvalue weighted by Crippen LogP contribution is -1.92. The molecule has 0 spiro atoms. The first-order chi connectivity index (χ1) is 9.81. The molecule has 2 aromatic carbocycles. The van der Waals surface area contributed by atoms with Gasteiger partial charge in [-0.25, -0.2) is 0 Å². The summed E-state index contributed by atoms with van der Waals surface area (Å²) in [5, 5.41) is 5.19. The maximum absolute atomic E-state index is 10.3. The molecule has 0 aliphatic rings. The summed E-state index contributed by atoms with van der Waals surface area (Å²) in [5.74, 6) is 0. The van der Waals surface area contributed by atoms with Crippen LogP contribution in [0.5, 0.6) is 0 Å². The van der Waals surface area contributed by atoms with E-state index in [9.17, 15) is 9.59 Å². The lowest BCUT2D eigenvalue weighted by atomic mass is 10.3. The number of hydrogen-bond acceptors (Lipinski definition) is 4. The Labute approximate surface area is 124 Å². The van der Waals surface area contributed by atoms with Crippen molar-refractivity contribution < 1.29 is 9.59 Å². The van der Waals surface area contributed by atoms with Crippen molar-refractivity contribution in [3.05, 3.63) is 48.5 Å². The number of anilines is 2. The van der Waals surface area contributed by atoms with Gasteiger partial charge in [-0.05, 0) is 48.5 Å². The molecule has 102 valence electrons. The average Bonchev–Trinajstić information content (AvgIpc) is 2.49. The molecule has 0 saturated heterocycles. The van der Waals surface area contributed by atoms with E-state index >= 15 is 0 Å². The number of rotatable bonds is 7. The third-order valence-corrected chi connectivity index (χ3v) is 4.81. The molecule has 0 bridgehead atoms. The summed E-state index contributed by atoms with van der Waals surface area (Å²) in [5.41, 5.74) is 1.55. The van der Waals surface area contributed by atoms with Crippen LogP contribution in [-0.2, 0) is 9.59 Å². The Kier molecular flexibility index (Phi) is 5.52. The molecule has 6 heteroatoms. The van der Waals surface area contributed by atoms with Gasteiger partial charge >= 0.3 is 0 Å². The fourth-order valence-electron chi connectivity index (χ4n) is 1.45. The standard InChI is InChI=1S/C14H12N2O2S2/c17-9-15-11-1-5-13(6-2-11)19-20-14-7-3-12(4-8-14)16-10-18/h1-10H,(H,15,17)(H,16,18). The van der Waals surface area contributed by atoms with Crippen LogP contribution in [0.4, 0.5) is 11.4 Å². The van der Waals surface area contributed by atoms with Crippen LogP contribution in [0, 0.1) is 0 Å². The Hall–Kier alpha value is -1.92. The minimum Gasteiger partial charge on any atom is -0.329 e. The minimum absolute atomic E-state index is 0.659. The lowest BCUT2D eigenvalue weighted by molar-refractivity contribution is -0.106. The zero-order valence-corrected chi connectivity index (χ0v) is 12.0. The highest BCUT2D eigenvalue weighted by Gasteiger charge is 1.99. The van der Waals surface area contributed by atoms with Crippen molar-refractivity contribution in [2.24, 2.45) is 0 Å². The van der Waals surface area contributed by atoms with Gasteiger partial charge in [0, 0.05) is 21.2 Å². The molecular formula is C14H12N2O2S2. The van der Waals surface area contributed by atoms with Crippen molar-refractivity contribution in [1.82, 2.24) is 0 Å². The molecule has 2 N–H and O–H groups in total. The van der Waals surface area contributed by atoms with E-state index in [-0.39, 0.29) is 0 Å². The zero-order chi connectivity index (χ0) is 14.2. The van der Waals surface area contributed by atoms with Gasteiger partial charge in [-0.3, -0.25) is 9.59 Å². The second kappa shape index (κ2) is 7.62. The predicted octanol–water partition coefficient (Wildman–Crippen LogP) is 3.62. The highest BCUT2D eigenvalue weighted by molar-refractivity contribution is 8.76. The fourth-order valence-corrected chi connectivity index (χ4v) is 3.38. The molecule has 0 unspecified atom stereocenters. The Bertz CT molecular complexity index is 517. The second-order valence-corrected chi connectivity index (χ2v) is 6.02. The summed E-state index contributed by atoms with van der Waals surface area (Å²) in [6.45, 7) is 0. The summed E-state index contributed by atoms with van der Waals surface area (Å²) in [7, 11) is 3.26. The van der Waals surface area contributed by atoms with Crippen LogP contribution in [0.2, 0.25) is 0 Å². The first-order valence-electron chi connectivity index (χ1n) is 5.77. The third kappa shape index (κ3) is 4.32. The van der Waals surface area contributed by atoms with Crippen molar-refractivity contribution in [2.45, 2.75) is 9.79 Å². The maximum atomic E-state index is 10.3. The van der Waals surface area contributed by atoms with Gasteiger partial charge in [0.1, 0.15) is 0 Å². The molecule has 2 amide bonds. The normalized spacial score (nSPS) is 9.80. The molecule has 0 radical (unpaired) electrons. The molecule has 0 aliphatic carbocycles. The number of nitrogens with one attached hydrogen (secondary N) is 2. The summed E-state index contributed by atoms with van der Waals surface area (Å²) < 4.78 is 0. The number of carbonyl (C=O) groups is 2. The highest BCUT2D eigenvalue weighted by atomic mass is 33.1. The van der Waals surface area contributed by atoms with Crippen LogP contribution in [0.3, 0.4) is 0 Å². The summed E-state index contributed by atoms with van der Waals surface area (Å²) >= 11 is 0. The molecule has 0 heterocycles. The summed E-state index contributed by atoms with van der Waals surface area (Å²) in [4.78, 5) is 22.8. The number of amides is 2. The molecule has 4 nitrogen and oxygen atoms in total. The largest absolute Gasteiger partial charge is 0.329 e. The Morgan fingerprint density at radius 3 is 1.30 bits per heavy atom. The summed E-state index contributed by atoms with van der Waals surface area (Å²) in [6.07, 6.45) is 1.32. The van der Waals surface area contributed by atoms with Crippen molar-refractivity contribution in [1.29, 1.82) is 0 Å². The Morgan fingerprint density at radius 1 is 0.650 bits per heavy atom. The molecule has 0 atom stereocenters. The van der Waals surface area contributed by atoms with E-state index in [0.29, 0.717) is 12.8 Å². The molecule has 2 rings (SSSR count). The first kappa shape index (κ1) is 14.5. The zero-order valence-electron chi connectivity index (χ0n) is 10.4. The van der Waals surface area contributed by atoms with Gasteiger partial charge in [-0.15, -0.1) is 0 Å². The van der Waals surface area contributed by atoms with Gasteiger partial charge in [0.15, 0.2) is 0 Å². The number of benzene rings is 2. The van der Waals surface area contributed by atoms with E-state index in [2.05, 4.69) is 10.6 Å². The Balaban J connectivity index is 1.90. The third-order valence-electron chi connectivity index (χ3n) is 2.39. The number of hydrogen-bond donors (Lipinski definition) is 2. The van der Waals surface area contributed by atoms with Crippen LogP contribution >= 0.6 is 21.6 Å². The molecular weight excluding hydrogens is 292 g/mol. The summed E-state index contributed by atoms with van der Waals surface area (Å²) in [6, 6.07) is 15.2. The minimum atomic E-state index is 0.659. The first-order valence-corrected chi connectivity index (χ1v) is 7.92. The van der Waals surface area contributed by atoms with E-state index in [0.717, 1.165) is 21.2 Å². The van der Waals surface area contributed by atoms with Gasteiger partial charge in [0.2, 0.25) is 12.8 Å². The topological polar surface area (TPSA) is 58.2 Å². The fraction of sp³-hybridized carbons (Fsp3) is 0. The lowest BCUT2D eigenvalue weighted by Gasteiger charge is -2.04. The van der Waals surface area contributed by atoms with E-state index in [1.807, 2.05) is 48.5 Å². The monoisotopic (exact) mass is 304 g/mol. The van der Waals surface area contributed by atoms with E-state index in [1.54, 1.807) is 21.6 Å². The smallest absolute Gasteiger partial charge is 0.211 e. The van der Waals surface area contributed by atoms with Crippen LogP contribution in [0.15, 0.2) is 58.3 Å². The van der Waals surface area contributed by atoms with Crippen LogP contribution in [0.25, 0.3) is 0 Å². The van der Waals surface area contributed by atoms with E-state index in [4.69, 9.17) is 0 Å². The molecule has 20 heavy (non-hydrogen) atoms. The van der Waals surface area contributed by atoms with Crippen molar-refractivity contribution in [3.63, 3.8) is 0 Å². The van der Waals surface area contributed by atoms with Crippen molar-refractivity contribution in [3.8, 4) is 0 Å². The van der Waals surface area contributed by atoms with Gasteiger partial charge in [-0.1, -0.05) is 21.6 Å². The molecule has 0 aromatic heterocycles. The average molecular weight is 304 g/mol. The van der Waals surface area contributed by atoms with Gasteiger partial charge in [0.25, 0.3) is 0 Å². The molecule has 2 aromatic rings. The Morgan fingerprint density at radius 2 is 1.00 bits per heavy atom. The van der Waals surface area contributed by atoms with Gasteiger partial charge in [-0.2, -0.15) is 0 Å². The van der Waals surface area contributed by atoms with Crippen LogP contribution in [-0.4, -0.2) is 12.8 Å². The predicted molar refractivity (Wildman–Crippen MR) is 84.0 cm³/mol. The van der Waals surface area contributed by atoms with Gasteiger partial charge in [0.05, 0.1) is 0 Å². The van der Waals surface area contributed by atoms with Crippen LogP contribution < -0.4 is 10.6 Å². The van der Waals surface area contributed by atoms with Crippen LogP contribution in [0.1, 0.15) is 0 Å². The van der Waals surface area contributed by atoms with Gasteiger partial charge < -0.3 is 10.6 Å². The van der Waals surface area contributed by atoms with E-state index in [1.165, 1.54) is 0 Å². The van der Waals surface area contributed by atoms with Crippen molar-refractivity contribution in [2.75, 3.05) is 10.6 Å². The number of carbonyl (C=O) groups excluding carboxylic acids is 2. The molecule has 0 saturated carbocycles. The molecule has 0 fully saturated rings. The SMILES string of the molecule is O=CNc1ccc(SSc2ccc(NC=O)cc2)cc1. The quantitative estimate of drug-likeness (QED) is 0.606. The molecule has 0 aliphatic heterocycles. The van der Waals surface area contributed by atoms with E-state index < -0.39 is 0 Å². The maximum Gasteiger partial charge on any atom is 0.211 e. The van der Waals surface area contributed by atoms with Crippen molar-refractivity contribution >= 4 is 45.8 Å². The highest BCUT2D eigenvalue weighted by Crippen LogP contribution is 2.37. The second-order valence-electron chi connectivity index (χ2n) is 3.74.